The van der Waals surface area contributed by atoms with Crippen molar-refractivity contribution in [3.63, 3.8) is 0 Å². The molecule has 24 heavy (non-hydrogen) atoms. The summed E-state index contributed by atoms with van der Waals surface area (Å²) in [5, 5.41) is 0.498. The van der Waals surface area contributed by atoms with Crippen LogP contribution < -0.4 is 4.74 Å². The van der Waals surface area contributed by atoms with Crippen LogP contribution in [0.4, 0.5) is 0 Å². The molecule has 0 aromatic heterocycles. The molecule has 3 heteroatoms. The first-order valence-electron chi connectivity index (χ1n) is 7.70. The summed E-state index contributed by atoms with van der Waals surface area (Å²) in [6, 6.07) is 21.4. The first kappa shape index (κ1) is 16.3. The van der Waals surface area contributed by atoms with E-state index < -0.39 is 0 Å². The number of carbonyl (C=O) groups excluding carboxylic acids is 1. The van der Waals surface area contributed by atoms with Crippen LogP contribution in [0.3, 0.4) is 0 Å². The number of rotatable bonds is 5. The second-order valence-corrected chi connectivity index (χ2v) is 5.96. The van der Waals surface area contributed by atoms with E-state index in [4.69, 9.17) is 16.3 Å². The predicted molar refractivity (Wildman–Crippen MR) is 97.8 cm³/mol. The zero-order valence-corrected chi connectivity index (χ0v) is 14.1. The molecular formula is C21H17ClO2. The number of hydrogen-bond donors (Lipinski definition) is 0. The SMILES string of the molecule is Cc1c(COc2cc(C=O)ccc2Cl)cccc1-c1ccccc1. The number of benzene rings is 3. The summed E-state index contributed by atoms with van der Waals surface area (Å²) >= 11 is 6.15. The van der Waals surface area contributed by atoms with Crippen molar-refractivity contribution in [1.29, 1.82) is 0 Å². The molecule has 3 aromatic carbocycles. The fourth-order valence-corrected chi connectivity index (χ4v) is 2.80. The van der Waals surface area contributed by atoms with Gasteiger partial charge in [-0.15, -0.1) is 0 Å². The van der Waals surface area contributed by atoms with Gasteiger partial charge in [-0.05, 0) is 47.4 Å². The minimum Gasteiger partial charge on any atom is -0.487 e. The van der Waals surface area contributed by atoms with Crippen LogP contribution in [-0.4, -0.2) is 6.29 Å². The minimum absolute atomic E-state index is 0.397. The largest absolute Gasteiger partial charge is 0.487 e. The number of halogens is 1. The molecule has 0 fully saturated rings. The third-order valence-electron chi connectivity index (χ3n) is 4.01. The highest BCUT2D eigenvalue weighted by molar-refractivity contribution is 6.32. The maximum absolute atomic E-state index is 10.9. The summed E-state index contributed by atoms with van der Waals surface area (Å²) in [6.45, 7) is 2.49. The summed E-state index contributed by atoms with van der Waals surface area (Å²) in [4.78, 5) is 10.9. The molecule has 0 bridgehead atoms. The van der Waals surface area contributed by atoms with E-state index in [1.165, 1.54) is 16.7 Å². The summed E-state index contributed by atoms with van der Waals surface area (Å²) in [7, 11) is 0. The van der Waals surface area contributed by atoms with Gasteiger partial charge in [-0.2, -0.15) is 0 Å². The van der Waals surface area contributed by atoms with Gasteiger partial charge in [0.15, 0.2) is 0 Å². The third kappa shape index (κ3) is 3.50. The quantitative estimate of drug-likeness (QED) is 0.558. The Labute approximate surface area is 146 Å². The van der Waals surface area contributed by atoms with E-state index in [0.717, 1.165) is 11.8 Å². The molecule has 0 aliphatic rings. The van der Waals surface area contributed by atoms with Crippen LogP contribution in [0.5, 0.6) is 5.75 Å². The van der Waals surface area contributed by atoms with E-state index in [-0.39, 0.29) is 0 Å². The lowest BCUT2D eigenvalue weighted by Gasteiger charge is -2.13. The Hall–Kier alpha value is -2.58. The molecule has 3 rings (SSSR count). The van der Waals surface area contributed by atoms with Gasteiger partial charge < -0.3 is 4.74 Å². The second-order valence-electron chi connectivity index (χ2n) is 5.55. The topological polar surface area (TPSA) is 26.3 Å². The Balaban J connectivity index is 1.85. The van der Waals surface area contributed by atoms with Crippen molar-refractivity contribution in [2.24, 2.45) is 0 Å². The van der Waals surface area contributed by atoms with Crippen LogP contribution >= 0.6 is 11.6 Å². The number of carbonyl (C=O) groups is 1. The molecule has 120 valence electrons. The van der Waals surface area contributed by atoms with Crippen LogP contribution in [0.2, 0.25) is 5.02 Å². The molecule has 0 radical (unpaired) electrons. The van der Waals surface area contributed by atoms with E-state index in [1.54, 1.807) is 18.2 Å². The Morgan fingerprint density at radius 1 is 1.00 bits per heavy atom. The Morgan fingerprint density at radius 2 is 1.79 bits per heavy atom. The molecule has 0 N–H and O–H groups in total. The highest BCUT2D eigenvalue weighted by Crippen LogP contribution is 2.29. The predicted octanol–water partition coefficient (Wildman–Crippen LogP) is 5.71. The lowest BCUT2D eigenvalue weighted by atomic mass is 9.97. The Kier molecular flexibility index (Phi) is 4.97. The van der Waals surface area contributed by atoms with Crippen LogP contribution in [0.15, 0.2) is 66.7 Å². The highest BCUT2D eigenvalue weighted by Gasteiger charge is 2.08. The second kappa shape index (κ2) is 7.33. The molecule has 0 aliphatic carbocycles. The summed E-state index contributed by atoms with van der Waals surface area (Å²) in [5.74, 6) is 0.519. The fourth-order valence-electron chi connectivity index (χ4n) is 2.63. The van der Waals surface area contributed by atoms with Gasteiger partial charge in [0.2, 0.25) is 0 Å². The van der Waals surface area contributed by atoms with Gasteiger partial charge in [0.05, 0.1) is 5.02 Å². The molecule has 0 spiro atoms. The standard InChI is InChI=1S/C21H17ClO2/c1-15-18(8-5-9-19(15)17-6-3-2-4-7-17)14-24-21-12-16(13-23)10-11-20(21)22/h2-13H,14H2,1H3. The number of aldehydes is 1. The van der Waals surface area contributed by atoms with Crippen molar-refractivity contribution < 1.29 is 9.53 Å². The van der Waals surface area contributed by atoms with E-state index in [0.29, 0.717) is 22.9 Å². The Bertz CT molecular complexity index is 857. The molecule has 3 aromatic rings. The lowest BCUT2D eigenvalue weighted by Crippen LogP contribution is -2.00. The third-order valence-corrected chi connectivity index (χ3v) is 4.32. The van der Waals surface area contributed by atoms with Gasteiger partial charge in [-0.3, -0.25) is 4.79 Å². The van der Waals surface area contributed by atoms with Gasteiger partial charge >= 0.3 is 0 Å². The van der Waals surface area contributed by atoms with Crippen molar-refractivity contribution in [2.75, 3.05) is 0 Å². The summed E-state index contributed by atoms with van der Waals surface area (Å²) in [6.07, 6.45) is 0.782. The number of ether oxygens (including phenoxy) is 1. The molecule has 2 nitrogen and oxygen atoms in total. The zero-order chi connectivity index (χ0) is 16.9. The van der Waals surface area contributed by atoms with Crippen LogP contribution in [0, 0.1) is 6.92 Å². The highest BCUT2D eigenvalue weighted by atomic mass is 35.5. The van der Waals surface area contributed by atoms with E-state index in [9.17, 15) is 4.79 Å². The minimum atomic E-state index is 0.397. The molecular weight excluding hydrogens is 320 g/mol. The van der Waals surface area contributed by atoms with Crippen LogP contribution in [-0.2, 0) is 6.61 Å². The monoisotopic (exact) mass is 336 g/mol. The van der Waals surface area contributed by atoms with Gasteiger partial charge in [0.1, 0.15) is 18.6 Å². The van der Waals surface area contributed by atoms with Crippen molar-refractivity contribution >= 4 is 17.9 Å². The summed E-state index contributed by atoms with van der Waals surface area (Å²) in [5.41, 5.74) is 5.17. The maximum Gasteiger partial charge on any atom is 0.150 e. The molecule has 0 saturated heterocycles. The van der Waals surface area contributed by atoms with Gasteiger partial charge in [0.25, 0.3) is 0 Å². The smallest absolute Gasteiger partial charge is 0.150 e. The van der Waals surface area contributed by atoms with E-state index in [1.807, 2.05) is 30.3 Å². The van der Waals surface area contributed by atoms with E-state index in [2.05, 4.69) is 25.1 Å². The van der Waals surface area contributed by atoms with Crippen LogP contribution in [0.1, 0.15) is 21.5 Å². The van der Waals surface area contributed by atoms with Crippen molar-refractivity contribution in [3.8, 4) is 16.9 Å². The summed E-state index contributed by atoms with van der Waals surface area (Å²) < 4.78 is 5.85. The Morgan fingerprint density at radius 3 is 2.54 bits per heavy atom. The first-order valence-corrected chi connectivity index (χ1v) is 8.08. The van der Waals surface area contributed by atoms with Gasteiger partial charge in [-0.25, -0.2) is 0 Å². The zero-order valence-electron chi connectivity index (χ0n) is 13.3. The van der Waals surface area contributed by atoms with Gasteiger partial charge in [0, 0.05) is 5.56 Å². The van der Waals surface area contributed by atoms with Crippen molar-refractivity contribution in [2.45, 2.75) is 13.5 Å². The molecule has 0 unspecified atom stereocenters. The molecule has 0 atom stereocenters. The van der Waals surface area contributed by atoms with E-state index >= 15 is 0 Å². The van der Waals surface area contributed by atoms with Gasteiger partial charge in [-0.1, -0.05) is 60.1 Å². The molecule has 0 amide bonds. The average Bonchev–Trinajstić information content (AvgIpc) is 2.63. The molecule has 0 saturated carbocycles. The molecule has 0 aliphatic heterocycles. The normalized spacial score (nSPS) is 10.4. The maximum atomic E-state index is 10.9. The van der Waals surface area contributed by atoms with Crippen molar-refractivity contribution in [3.05, 3.63) is 88.4 Å². The first-order chi connectivity index (χ1) is 11.7. The average molecular weight is 337 g/mol. The lowest BCUT2D eigenvalue weighted by molar-refractivity contribution is 0.112. The van der Waals surface area contributed by atoms with Crippen LogP contribution in [0.25, 0.3) is 11.1 Å². The number of hydrogen-bond acceptors (Lipinski definition) is 2. The molecule has 0 heterocycles. The van der Waals surface area contributed by atoms with Crippen molar-refractivity contribution in [1.82, 2.24) is 0 Å². The fraction of sp³-hybridized carbons (Fsp3) is 0.0952.